The molecule has 106 valence electrons. The van der Waals surface area contributed by atoms with E-state index in [0.717, 1.165) is 16.9 Å². The fourth-order valence-electron chi connectivity index (χ4n) is 2.61. The Morgan fingerprint density at radius 1 is 0.950 bits per heavy atom. The Hall–Kier alpha value is -1.47. The van der Waals surface area contributed by atoms with E-state index in [4.69, 9.17) is 16.3 Å². The van der Waals surface area contributed by atoms with Crippen LogP contribution in [0.25, 0.3) is 0 Å². The van der Waals surface area contributed by atoms with Gasteiger partial charge < -0.3 is 4.74 Å². The van der Waals surface area contributed by atoms with Gasteiger partial charge >= 0.3 is 0 Å². The van der Waals surface area contributed by atoms with E-state index >= 15 is 0 Å². The van der Waals surface area contributed by atoms with Gasteiger partial charge in [0.1, 0.15) is 12.4 Å². The predicted octanol–water partition coefficient (Wildman–Crippen LogP) is 5.24. The highest BCUT2D eigenvalue weighted by Crippen LogP contribution is 2.27. The van der Waals surface area contributed by atoms with E-state index < -0.39 is 0 Å². The smallest absolute Gasteiger partial charge is 0.127 e. The number of alkyl halides is 1. The maximum Gasteiger partial charge on any atom is 0.127 e. The zero-order valence-corrected chi connectivity index (χ0v) is 13.3. The number of aryl methyl sites for hydroxylation is 4. The van der Waals surface area contributed by atoms with Crippen molar-refractivity contribution in [1.82, 2.24) is 0 Å². The predicted molar refractivity (Wildman–Crippen MR) is 85.7 cm³/mol. The van der Waals surface area contributed by atoms with Crippen LogP contribution in [0.15, 0.2) is 30.3 Å². The van der Waals surface area contributed by atoms with Gasteiger partial charge in [0.25, 0.3) is 0 Å². The van der Waals surface area contributed by atoms with Gasteiger partial charge in [-0.1, -0.05) is 35.9 Å². The Morgan fingerprint density at radius 3 is 2.20 bits per heavy atom. The van der Waals surface area contributed by atoms with E-state index in [0.29, 0.717) is 12.5 Å². The molecule has 0 saturated heterocycles. The molecule has 2 aromatic rings. The Morgan fingerprint density at radius 2 is 1.60 bits per heavy atom. The van der Waals surface area contributed by atoms with Crippen molar-refractivity contribution in [3.63, 3.8) is 0 Å². The summed E-state index contributed by atoms with van der Waals surface area (Å²) >= 11 is 5.99. The molecule has 0 saturated carbocycles. The standard InChI is InChI=1S/C18H21ClO/c1-12-8-14(3)17(15(4)9-12)11-20-18-13(2)6-5-7-16(18)10-19/h5-9H,10-11H2,1-4H3. The van der Waals surface area contributed by atoms with E-state index in [2.05, 4.69) is 45.9 Å². The molecule has 0 spiro atoms. The zero-order chi connectivity index (χ0) is 14.7. The molecule has 0 atom stereocenters. The van der Waals surface area contributed by atoms with Crippen LogP contribution in [0, 0.1) is 27.7 Å². The van der Waals surface area contributed by atoms with Crippen LogP contribution in [0.1, 0.15) is 33.4 Å². The summed E-state index contributed by atoms with van der Waals surface area (Å²) in [5, 5.41) is 0. The molecule has 0 heterocycles. The van der Waals surface area contributed by atoms with Gasteiger partial charge in [-0.2, -0.15) is 0 Å². The number of ether oxygens (including phenoxy) is 1. The monoisotopic (exact) mass is 288 g/mol. The van der Waals surface area contributed by atoms with Gasteiger partial charge in [-0.05, 0) is 49.9 Å². The minimum absolute atomic E-state index is 0.475. The molecule has 2 aromatic carbocycles. The summed E-state index contributed by atoms with van der Waals surface area (Å²) in [6.45, 7) is 9.04. The average Bonchev–Trinajstić information content (AvgIpc) is 2.38. The maximum atomic E-state index is 6.06. The molecule has 2 heteroatoms. The van der Waals surface area contributed by atoms with E-state index in [-0.39, 0.29) is 0 Å². The lowest BCUT2D eigenvalue weighted by Gasteiger charge is -2.16. The van der Waals surface area contributed by atoms with E-state index in [1.165, 1.54) is 22.3 Å². The molecule has 2 rings (SSSR count). The van der Waals surface area contributed by atoms with Gasteiger partial charge in [0.05, 0.1) is 5.88 Å². The van der Waals surface area contributed by atoms with Crippen molar-refractivity contribution in [2.24, 2.45) is 0 Å². The van der Waals surface area contributed by atoms with Crippen molar-refractivity contribution >= 4 is 11.6 Å². The van der Waals surface area contributed by atoms with Crippen LogP contribution in [0.2, 0.25) is 0 Å². The maximum absolute atomic E-state index is 6.06. The van der Waals surface area contributed by atoms with E-state index in [1.54, 1.807) is 0 Å². The molecular weight excluding hydrogens is 268 g/mol. The third-order valence-electron chi connectivity index (χ3n) is 3.64. The van der Waals surface area contributed by atoms with Crippen LogP contribution in [-0.2, 0) is 12.5 Å². The molecule has 1 nitrogen and oxygen atoms in total. The lowest BCUT2D eigenvalue weighted by molar-refractivity contribution is 0.300. The fourth-order valence-corrected chi connectivity index (χ4v) is 2.82. The fraction of sp³-hybridized carbons (Fsp3) is 0.333. The van der Waals surface area contributed by atoms with Gasteiger partial charge in [-0.3, -0.25) is 0 Å². The van der Waals surface area contributed by atoms with Crippen LogP contribution in [-0.4, -0.2) is 0 Å². The second-order valence-electron chi connectivity index (χ2n) is 5.36. The highest BCUT2D eigenvalue weighted by atomic mass is 35.5. The largest absolute Gasteiger partial charge is 0.488 e. The molecule has 0 fully saturated rings. The molecule has 20 heavy (non-hydrogen) atoms. The second-order valence-corrected chi connectivity index (χ2v) is 5.63. The van der Waals surface area contributed by atoms with E-state index in [1.807, 2.05) is 12.1 Å². The molecule has 0 bridgehead atoms. The summed E-state index contributed by atoms with van der Waals surface area (Å²) in [6, 6.07) is 10.5. The van der Waals surface area contributed by atoms with Crippen LogP contribution in [0.4, 0.5) is 0 Å². The van der Waals surface area contributed by atoms with Crippen LogP contribution in [0.3, 0.4) is 0 Å². The molecule has 0 radical (unpaired) electrons. The van der Waals surface area contributed by atoms with Gasteiger partial charge in [-0.25, -0.2) is 0 Å². The number of para-hydroxylation sites is 1. The molecule has 0 N–H and O–H groups in total. The second kappa shape index (κ2) is 6.32. The third kappa shape index (κ3) is 3.16. The zero-order valence-electron chi connectivity index (χ0n) is 12.6. The van der Waals surface area contributed by atoms with Crippen LogP contribution >= 0.6 is 11.6 Å². The summed E-state index contributed by atoms with van der Waals surface area (Å²) in [7, 11) is 0. The molecule has 0 amide bonds. The first kappa shape index (κ1) is 14.9. The molecule has 0 aliphatic heterocycles. The first-order valence-corrected chi connectivity index (χ1v) is 7.40. The number of halogens is 1. The highest BCUT2D eigenvalue weighted by molar-refractivity contribution is 6.17. The van der Waals surface area contributed by atoms with Crippen molar-refractivity contribution < 1.29 is 4.74 Å². The number of rotatable bonds is 4. The topological polar surface area (TPSA) is 9.23 Å². The van der Waals surface area contributed by atoms with Gasteiger partial charge in [-0.15, -0.1) is 11.6 Å². The minimum atomic E-state index is 0.475. The van der Waals surface area contributed by atoms with Gasteiger partial charge in [0.2, 0.25) is 0 Å². The summed E-state index contributed by atoms with van der Waals surface area (Å²) in [5.41, 5.74) is 7.30. The normalized spacial score (nSPS) is 10.7. The number of hydrogen-bond donors (Lipinski definition) is 0. The molecule has 0 aliphatic carbocycles. The molecular formula is C18H21ClO. The van der Waals surface area contributed by atoms with Crippen molar-refractivity contribution in [3.05, 3.63) is 63.7 Å². The average molecular weight is 289 g/mol. The Bertz CT molecular complexity index is 594. The third-order valence-corrected chi connectivity index (χ3v) is 3.93. The quantitative estimate of drug-likeness (QED) is 0.699. The number of hydrogen-bond acceptors (Lipinski definition) is 1. The SMILES string of the molecule is Cc1cc(C)c(COc2c(C)cccc2CCl)c(C)c1. The van der Waals surface area contributed by atoms with Crippen molar-refractivity contribution in [3.8, 4) is 5.75 Å². The Balaban J connectivity index is 2.26. The minimum Gasteiger partial charge on any atom is -0.488 e. The first-order chi connectivity index (χ1) is 9.52. The van der Waals surface area contributed by atoms with Crippen LogP contribution in [0.5, 0.6) is 5.75 Å². The molecule has 0 aromatic heterocycles. The van der Waals surface area contributed by atoms with Gasteiger partial charge in [0.15, 0.2) is 0 Å². The molecule has 0 unspecified atom stereocenters. The highest BCUT2D eigenvalue weighted by Gasteiger charge is 2.09. The summed E-state index contributed by atoms with van der Waals surface area (Å²) < 4.78 is 6.06. The Kier molecular flexibility index (Phi) is 4.72. The lowest BCUT2D eigenvalue weighted by atomic mass is 10.0. The summed E-state index contributed by atoms with van der Waals surface area (Å²) in [6.07, 6.45) is 0. The van der Waals surface area contributed by atoms with Crippen molar-refractivity contribution in [1.29, 1.82) is 0 Å². The van der Waals surface area contributed by atoms with Crippen molar-refractivity contribution in [2.45, 2.75) is 40.2 Å². The lowest BCUT2D eigenvalue weighted by Crippen LogP contribution is -2.04. The summed E-state index contributed by atoms with van der Waals surface area (Å²) in [5.74, 6) is 1.39. The number of benzene rings is 2. The van der Waals surface area contributed by atoms with Crippen molar-refractivity contribution in [2.75, 3.05) is 0 Å². The summed E-state index contributed by atoms with van der Waals surface area (Å²) in [4.78, 5) is 0. The van der Waals surface area contributed by atoms with E-state index in [9.17, 15) is 0 Å². The molecule has 0 aliphatic rings. The van der Waals surface area contributed by atoms with Gasteiger partial charge in [0, 0.05) is 5.56 Å². The Labute approximate surface area is 126 Å². The first-order valence-electron chi connectivity index (χ1n) is 6.87. The van der Waals surface area contributed by atoms with Crippen LogP contribution < -0.4 is 4.74 Å².